The lowest BCUT2D eigenvalue weighted by molar-refractivity contribution is 0.121. The quantitative estimate of drug-likeness (QED) is 0.217. The largest absolute Gasteiger partial charge is 0.497 e. The van der Waals surface area contributed by atoms with Gasteiger partial charge in [-0.05, 0) is 29.7 Å². The van der Waals surface area contributed by atoms with Crippen LogP contribution in [0.2, 0.25) is 0 Å². The Morgan fingerprint density at radius 1 is 0.931 bits per heavy atom. The first-order valence-corrected chi connectivity index (χ1v) is 9.51. The summed E-state index contributed by atoms with van der Waals surface area (Å²) in [5, 5.41) is 6.69. The Morgan fingerprint density at radius 3 is 2.24 bits per heavy atom. The molecule has 0 fully saturated rings. The number of nitrogens with one attached hydrogen (secondary N) is 2. The van der Waals surface area contributed by atoms with Crippen LogP contribution >= 0.6 is 24.0 Å². The van der Waals surface area contributed by atoms with E-state index in [2.05, 4.69) is 34.7 Å². The number of ether oxygens (including phenoxy) is 3. The van der Waals surface area contributed by atoms with Crippen LogP contribution in [0.5, 0.6) is 11.5 Å². The normalized spacial score (nSPS) is 10.8. The van der Waals surface area contributed by atoms with E-state index in [0.29, 0.717) is 19.7 Å². The van der Waals surface area contributed by atoms with Crippen LogP contribution in [0.15, 0.2) is 47.5 Å². The monoisotopic (exact) mass is 513 g/mol. The second kappa shape index (κ2) is 14.1. The van der Waals surface area contributed by atoms with Crippen LogP contribution in [0.3, 0.4) is 0 Å². The van der Waals surface area contributed by atoms with Gasteiger partial charge in [-0.15, -0.1) is 24.0 Å². The Balaban J connectivity index is 0.00000420. The summed E-state index contributed by atoms with van der Waals surface area (Å²) in [5.74, 6) is 2.27. The van der Waals surface area contributed by atoms with Crippen molar-refractivity contribution in [2.45, 2.75) is 33.0 Å². The molecular formula is C22H32IN3O3. The Morgan fingerprint density at radius 2 is 1.62 bits per heavy atom. The summed E-state index contributed by atoms with van der Waals surface area (Å²) < 4.78 is 16.4. The average molecular weight is 513 g/mol. The Labute approximate surface area is 191 Å². The third-order valence-electron chi connectivity index (χ3n) is 4.33. The van der Waals surface area contributed by atoms with Crippen LogP contribution in [0.1, 0.15) is 30.0 Å². The van der Waals surface area contributed by atoms with Crippen LogP contribution < -0.4 is 20.1 Å². The van der Waals surface area contributed by atoms with Gasteiger partial charge in [0.15, 0.2) is 5.96 Å². The summed E-state index contributed by atoms with van der Waals surface area (Å²) in [5.41, 5.74) is 3.42. The number of halogens is 1. The van der Waals surface area contributed by atoms with Crippen LogP contribution in [0.25, 0.3) is 0 Å². The number of hydrogen-bond donors (Lipinski definition) is 2. The van der Waals surface area contributed by atoms with Gasteiger partial charge < -0.3 is 24.8 Å². The Kier molecular flexibility index (Phi) is 12.1. The first kappa shape index (κ1) is 25.0. The molecule has 0 heterocycles. The van der Waals surface area contributed by atoms with Gasteiger partial charge in [0.1, 0.15) is 11.5 Å². The first-order chi connectivity index (χ1) is 13.7. The molecule has 0 bridgehead atoms. The molecule has 0 spiro atoms. The van der Waals surface area contributed by atoms with E-state index in [1.807, 2.05) is 30.3 Å². The highest BCUT2D eigenvalue weighted by Gasteiger charge is 2.07. The fraction of sp³-hybridized carbons (Fsp3) is 0.409. The van der Waals surface area contributed by atoms with Crippen molar-refractivity contribution in [3.8, 4) is 11.5 Å². The van der Waals surface area contributed by atoms with Crippen molar-refractivity contribution in [3.05, 3.63) is 59.2 Å². The Bertz CT molecular complexity index is 769. The van der Waals surface area contributed by atoms with Gasteiger partial charge >= 0.3 is 0 Å². The van der Waals surface area contributed by atoms with Crippen molar-refractivity contribution >= 4 is 29.9 Å². The lowest BCUT2D eigenvalue weighted by atomic mass is 10.1. The van der Waals surface area contributed by atoms with Gasteiger partial charge in [0.2, 0.25) is 0 Å². The zero-order valence-electron chi connectivity index (χ0n) is 17.7. The molecule has 2 rings (SSSR count). The second-order valence-corrected chi connectivity index (χ2v) is 6.28. The van der Waals surface area contributed by atoms with E-state index in [9.17, 15) is 0 Å². The van der Waals surface area contributed by atoms with Gasteiger partial charge in [0.05, 0.1) is 20.8 Å². The molecule has 0 radical (unpaired) electrons. The van der Waals surface area contributed by atoms with E-state index in [4.69, 9.17) is 14.2 Å². The molecule has 0 atom stereocenters. The van der Waals surface area contributed by atoms with Crippen molar-refractivity contribution in [1.82, 2.24) is 10.6 Å². The molecule has 2 aromatic carbocycles. The van der Waals surface area contributed by atoms with E-state index in [-0.39, 0.29) is 24.0 Å². The maximum atomic E-state index is 5.69. The molecule has 160 valence electrons. The van der Waals surface area contributed by atoms with Gasteiger partial charge in [0, 0.05) is 38.4 Å². The van der Waals surface area contributed by atoms with Crippen molar-refractivity contribution in [1.29, 1.82) is 0 Å². The van der Waals surface area contributed by atoms with Crippen molar-refractivity contribution < 1.29 is 14.2 Å². The molecule has 0 amide bonds. The highest BCUT2D eigenvalue weighted by Crippen LogP contribution is 2.24. The molecule has 0 saturated heterocycles. The van der Waals surface area contributed by atoms with Crippen LogP contribution in [0, 0.1) is 0 Å². The molecule has 0 aromatic heterocycles. The van der Waals surface area contributed by atoms with E-state index >= 15 is 0 Å². The molecule has 0 aliphatic rings. The van der Waals surface area contributed by atoms with Gasteiger partial charge in [-0.3, -0.25) is 4.99 Å². The van der Waals surface area contributed by atoms with Crippen molar-refractivity contribution in [2.24, 2.45) is 4.99 Å². The minimum atomic E-state index is 0. The van der Waals surface area contributed by atoms with Gasteiger partial charge in [-0.2, -0.15) is 0 Å². The minimum Gasteiger partial charge on any atom is -0.497 e. The number of benzene rings is 2. The number of methoxy groups -OCH3 is 2. The number of guanidine groups is 1. The van der Waals surface area contributed by atoms with Crippen molar-refractivity contribution in [2.75, 3.05) is 27.9 Å². The predicted octanol–water partition coefficient (Wildman–Crippen LogP) is 4.11. The molecule has 7 heteroatoms. The third kappa shape index (κ3) is 8.10. The highest BCUT2D eigenvalue weighted by atomic mass is 127. The summed E-state index contributed by atoms with van der Waals surface area (Å²) in [4.78, 5) is 4.31. The molecule has 0 saturated carbocycles. The number of aliphatic imine (C=N–C) groups is 1. The van der Waals surface area contributed by atoms with E-state index in [0.717, 1.165) is 36.0 Å². The zero-order chi connectivity index (χ0) is 20.2. The van der Waals surface area contributed by atoms with Crippen LogP contribution in [-0.4, -0.2) is 33.8 Å². The summed E-state index contributed by atoms with van der Waals surface area (Å²) in [6.07, 6.45) is 1.02. The van der Waals surface area contributed by atoms with Gasteiger partial charge in [-0.25, -0.2) is 0 Å². The second-order valence-electron chi connectivity index (χ2n) is 6.28. The maximum absolute atomic E-state index is 5.69. The van der Waals surface area contributed by atoms with E-state index in [1.54, 1.807) is 21.3 Å². The topological polar surface area (TPSA) is 64.1 Å². The summed E-state index contributed by atoms with van der Waals surface area (Å²) >= 11 is 0. The standard InChI is InChI=1S/C22H31N3O3.HI/c1-5-12-28-16-19-9-7-6-8-17(19)14-24-22(23-2)25-15-18-10-11-20(26-3)13-21(18)27-4;/h6-11,13H,5,12,14-16H2,1-4H3,(H2,23,24,25);1H. The lowest BCUT2D eigenvalue weighted by Crippen LogP contribution is -2.36. The molecule has 0 aliphatic heterocycles. The SMILES string of the molecule is CCCOCc1ccccc1CNC(=NC)NCc1ccc(OC)cc1OC.I. The molecule has 2 aromatic rings. The number of nitrogens with zero attached hydrogens (tertiary/aromatic N) is 1. The average Bonchev–Trinajstić information content (AvgIpc) is 2.74. The summed E-state index contributed by atoms with van der Waals surface area (Å²) in [6.45, 7) is 4.77. The first-order valence-electron chi connectivity index (χ1n) is 9.51. The van der Waals surface area contributed by atoms with Crippen LogP contribution in [-0.2, 0) is 24.4 Å². The molecule has 0 aliphatic carbocycles. The summed E-state index contributed by atoms with van der Waals surface area (Å²) in [7, 11) is 5.06. The van der Waals surface area contributed by atoms with Gasteiger partial charge in [0.25, 0.3) is 0 Å². The third-order valence-corrected chi connectivity index (χ3v) is 4.33. The molecular weight excluding hydrogens is 481 g/mol. The minimum absolute atomic E-state index is 0. The Hall–Kier alpha value is -2.00. The fourth-order valence-corrected chi connectivity index (χ4v) is 2.77. The number of hydrogen-bond acceptors (Lipinski definition) is 4. The fourth-order valence-electron chi connectivity index (χ4n) is 2.77. The van der Waals surface area contributed by atoms with E-state index in [1.165, 1.54) is 11.1 Å². The molecule has 6 nitrogen and oxygen atoms in total. The highest BCUT2D eigenvalue weighted by molar-refractivity contribution is 14.0. The predicted molar refractivity (Wildman–Crippen MR) is 128 cm³/mol. The van der Waals surface area contributed by atoms with Gasteiger partial charge in [-0.1, -0.05) is 31.2 Å². The van der Waals surface area contributed by atoms with Crippen molar-refractivity contribution in [3.63, 3.8) is 0 Å². The number of rotatable bonds is 10. The molecule has 29 heavy (non-hydrogen) atoms. The molecule has 2 N–H and O–H groups in total. The lowest BCUT2D eigenvalue weighted by Gasteiger charge is -2.16. The van der Waals surface area contributed by atoms with Crippen LogP contribution in [0.4, 0.5) is 0 Å². The maximum Gasteiger partial charge on any atom is 0.191 e. The van der Waals surface area contributed by atoms with E-state index < -0.39 is 0 Å². The summed E-state index contributed by atoms with van der Waals surface area (Å²) in [6, 6.07) is 14.1. The molecule has 0 unspecified atom stereocenters. The zero-order valence-corrected chi connectivity index (χ0v) is 20.0. The smallest absolute Gasteiger partial charge is 0.191 e.